The Bertz CT molecular complexity index is 1500. The topological polar surface area (TPSA) is 132 Å². The van der Waals surface area contributed by atoms with Crippen LogP contribution in [0.3, 0.4) is 0 Å². The normalized spacial score (nSPS) is 13.2. The Morgan fingerprint density at radius 3 is 1.82 bits per heavy atom. The number of carbonyl (C=O) groups excluding carboxylic acids is 4. The lowest BCUT2D eigenvalue weighted by atomic mass is 9.96. The minimum absolute atomic E-state index is 0.0470. The van der Waals surface area contributed by atoms with Crippen LogP contribution in [-0.2, 0) is 43.5 Å². The number of carbonyl (C=O) groups is 4. The van der Waals surface area contributed by atoms with Crippen LogP contribution in [0.15, 0.2) is 84.9 Å². The van der Waals surface area contributed by atoms with Crippen molar-refractivity contribution in [2.45, 2.75) is 71.4 Å². The molecule has 0 aliphatic rings. The van der Waals surface area contributed by atoms with Crippen LogP contribution in [0.5, 0.6) is 5.75 Å². The first-order chi connectivity index (χ1) is 23.3. The molecule has 0 radical (unpaired) electrons. The number of hydrogen-bond acceptors (Lipinski definition) is 7. The SMILES string of the molecule is COC[C@H](NC(=O)C(F)(F)C(=O)[C@H](Cc1ccc(OCc2ccccc2)cc1)NC(=O)[C@@H](NC(=O)OCc1ccccc1)C(C)C)C(C)C. The highest BCUT2D eigenvalue weighted by Gasteiger charge is 2.51. The smallest absolute Gasteiger partial charge is 0.408 e. The molecule has 3 aromatic rings. The summed E-state index contributed by atoms with van der Waals surface area (Å²) >= 11 is 0. The zero-order chi connectivity index (χ0) is 36.0. The van der Waals surface area contributed by atoms with E-state index in [-0.39, 0.29) is 25.6 Å². The van der Waals surface area contributed by atoms with E-state index < -0.39 is 53.7 Å². The van der Waals surface area contributed by atoms with Gasteiger partial charge in [0.25, 0.3) is 5.91 Å². The van der Waals surface area contributed by atoms with Crippen LogP contribution in [0.1, 0.15) is 44.4 Å². The van der Waals surface area contributed by atoms with Crippen molar-refractivity contribution in [2.24, 2.45) is 11.8 Å². The number of alkyl halides is 2. The first kappa shape index (κ1) is 38.6. The average Bonchev–Trinajstić information content (AvgIpc) is 3.09. The Hall–Kier alpha value is -4.84. The fraction of sp³-hybridized carbons (Fsp3) is 0.405. The minimum Gasteiger partial charge on any atom is -0.489 e. The van der Waals surface area contributed by atoms with Crippen LogP contribution in [0, 0.1) is 11.8 Å². The first-order valence-corrected chi connectivity index (χ1v) is 16.1. The van der Waals surface area contributed by atoms with Crippen molar-refractivity contribution < 1.29 is 42.2 Å². The van der Waals surface area contributed by atoms with Crippen LogP contribution in [-0.4, -0.2) is 61.5 Å². The van der Waals surface area contributed by atoms with Crippen molar-refractivity contribution in [1.82, 2.24) is 16.0 Å². The molecule has 3 atom stereocenters. The molecule has 0 fully saturated rings. The molecule has 3 amide bonds. The summed E-state index contributed by atoms with van der Waals surface area (Å²) in [6.45, 7) is 6.89. The Balaban J connectivity index is 1.80. The Morgan fingerprint density at radius 1 is 0.714 bits per heavy atom. The molecule has 0 aromatic heterocycles. The number of benzene rings is 3. The summed E-state index contributed by atoms with van der Waals surface area (Å²) in [6.07, 6.45) is -1.28. The number of ether oxygens (including phenoxy) is 3. The summed E-state index contributed by atoms with van der Waals surface area (Å²) in [4.78, 5) is 52.4. The van der Waals surface area contributed by atoms with E-state index in [4.69, 9.17) is 14.2 Å². The van der Waals surface area contributed by atoms with Gasteiger partial charge in [0.2, 0.25) is 11.7 Å². The van der Waals surface area contributed by atoms with E-state index in [2.05, 4.69) is 16.0 Å². The largest absolute Gasteiger partial charge is 0.489 e. The number of ketones is 1. The fourth-order valence-corrected chi connectivity index (χ4v) is 4.77. The van der Waals surface area contributed by atoms with E-state index >= 15 is 8.78 Å². The molecule has 3 rings (SSSR count). The molecule has 0 aliphatic carbocycles. The third kappa shape index (κ3) is 12.0. The van der Waals surface area contributed by atoms with Gasteiger partial charge >= 0.3 is 12.0 Å². The molecule has 3 aromatic carbocycles. The zero-order valence-corrected chi connectivity index (χ0v) is 28.4. The monoisotopic (exact) mass is 681 g/mol. The lowest BCUT2D eigenvalue weighted by Gasteiger charge is -2.28. The molecule has 0 saturated heterocycles. The summed E-state index contributed by atoms with van der Waals surface area (Å²) in [5.41, 5.74) is 2.08. The minimum atomic E-state index is -4.51. The predicted molar refractivity (Wildman–Crippen MR) is 180 cm³/mol. The summed E-state index contributed by atoms with van der Waals surface area (Å²) in [7, 11) is 1.37. The van der Waals surface area contributed by atoms with E-state index in [1.54, 1.807) is 76.2 Å². The fourth-order valence-electron chi connectivity index (χ4n) is 4.77. The number of halogens is 2. The van der Waals surface area contributed by atoms with Gasteiger partial charge in [-0.3, -0.25) is 14.4 Å². The van der Waals surface area contributed by atoms with E-state index in [9.17, 15) is 19.2 Å². The van der Waals surface area contributed by atoms with Crippen molar-refractivity contribution in [1.29, 1.82) is 0 Å². The third-order valence-electron chi connectivity index (χ3n) is 7.74. The lowest BCUT2D eigenvalue weighted by molar-refractivity contribution is -0.161. The number of methoxy groups -OCH3 is 1. The molecule has 0 bridgehead atoms. The molecule has 10 nitrogen and oxygen atoms in total. The second-order valence-corrected chi connectivity index (χ2v) is 12.3. The Labute approximate surface area is 285 Å². The van der Waals surface area contributed by atoms with Crippen molar-refractivity contribution in [3.05, 3.63) is 102 Å². The first-order valence-electron chi connectivity index (χ1n) is 16.1. The summed E-state index contributed by atoms with van der Waals surface area (Å²) in [5, 5.41) is 7.04. The average molecular weight is 682 g/mol. The second-order valence-electron chi connectivity index (χ2n) is 12.3. The van der Waals surface area contributed by atoms with Crippen LogP contribution in [0.4, 0.5) is 13.6 Å². The summed E-state index contributed by atoms with van der Waals surface area (Å²) in [6, 6.07) is 20.9. The number of hydrogen-bond donors (Lipinski definition) is 3. The van der Waals surface area contributed by atoms with Crippen molar-refractivity contribution in [3.63, 3.8) is 0 Å². The standard InChI is InChI=1S/C37H45F2N3O7/c1-24(2)31(23-47-5)41-35(45)37(38,39)33(43)30(20-26-16-18-29(19-17-26)48-21-27-12-8-6-9-13-27)40-34(44)32(25(3)4)42-36(46)49-22-28-14-10-7-11-15-28/h6-19,24-25,30-32H,20-23H2,1-5H3,(H,40,44)(H,41,45)(H,42,46)/t30-,31-,32-/m0/s1. The Morgan fingerprint density at radius 2 is 1.29 bits per heavy atom. The molecule has 49 heavy (non-hydrogen) atoms. The van der Waals surface area contributed by atoms with E-state index in [1.807, 2.05) is 36.4 Å². The van der Waals surface area contributed by atoms with Crippen LogP contribution < -0.4 is 20.7 Å². The van der Waals surface area contributed by atoms with E-state index in [1.165, 1.54) is 7.11 Å². The van der Waals surface area contributed by atoms with Crippen molar-refractivity contribution in [2.75, 3.05) is 13.7 Å². The van der Waals surface area contributed by atoms with Crippen LogP contribution in [0.2, 0.25) is 0 Å². The van der Waals surface area contributed by atoms with Crippen LogP contribution >= 0.6 is 0 Å². The van der Waals surface area contributed by atoms with Gasteiger partial charge in [-0.1, -0.05) is 100 Å². The molecule has 0 aliphatic heterocycles. The van der Waals surface area contributed by atoms with Crippen molar-refractivity contribution in [3.8, 4) is 5.75 Å². The van der Waals surface area contributed by atoms with Crippen LogP contribution in [0.25, 0.3) is 0 Å². The molecule has 3 N–H and O–H groups in total. The maximum absolute atomic E-state index is 15.6. The van der Waals surface area contributed by atoms with E-state index in [0.717, 1.165) is 11.1 Å². The maximum Gasteiger partial charge on any atom is 0.408 e. The van der Waals surface area contributed by atoms with Gasteiger partial charge in [-0.25, -0.2) is 4.79 Å². The van der Waals surface area contributed by atoms with Gasteiger partial charge < -0.3 is 30.2 Å². The molecule has 0 heterocycles. The van der Waals surface area contributed by atoms with Crippen molar-refractivity contribution >= 4 is 23.7 Å². The highest BCUT2D eigenvalue weighted by molar-refractivity contribution is 6.10. The second kappa shape index (κ2) is 18.6. The molecule has 264 valence electrons. The highest BCUT2D eigenvalue weighted by atomic mass is 19.3. The molecular formula is C37H45F2N3O7. The molecular weight excluding hydrogens is 636 g/mol. The molecule has 0 spiro atoms. The third-order valence-corrected chi connectivity index (χ3v) is 7.74. The number of rotatable bonds is 18. The highest BCUT2D eigenvalue weighted by Crippen LogP contribution is 2.22. The van der Waals surface area contributed by atoms with Gasteiger partial charge in [-0.15, -0.1) is 0 Å². The van der Waals surface area contributed by atoms with Gasteiger partial charge in [-0.05, 0) is 40.7 Å². The molecule has 0 unspecified atom stereocenters. The van der Waals surface area contributed by atoms with Gasteiger partial charge in [0.05, 0.1) is 18.7 Å². The molecule has 0 saturated carbocycles. The number of Topliss-reactive ketones (excluding diaryl/α,β-unsaturated/α-hetero) is 1. The van der Waals surface area contributed by atoms with Gasteiger partial charge in [0, 0.05) is 13.5 Å². The summed E-state index contributed by atoms with van der Waals surface area (Å²) in [5.74, 6) is -9.31. The number of nitrogens with one attached hydrogen (secondary N) is 3. The number of alkyl carbamates (subject to hydrolysis) is 1. The maximum atomic E-state index is 15.6. The number of amides is 3. The van der Waals surface area contributed by atoms with Gasteiger partial charge in [0.15, 0.2) is 0 Å². The van der Waals surface area contributed by atoms with E-state index in [0.29, 0.717) is 17.9 Å². The van der Waals surface area contributed by atoms with Gasteiger partial charge in [0.1, 0.15) is 25.0 Å². The zero-order valence-electron chi connectivity index (χ0n) is 28.4. The lowest BCUT2D eigenvalue weighted by Crippen LogP contribution is -2.60. The molecule has 12 heteroatoms. The quantitative estimate of drug-likeness (QED) is 0.157. The Kier molecular flexibility index (Phi) is 14.7. The summed E-state index contributed by atoms with van der Waals surface area (Å²) < 4.78 is 47.2. The van der Waals surface area contributed by atoms with Gasteiger partial charge in [-0.2, -0.15) is 8.78 Å². The predicted octanol–water partition coefficient (Wildman–Crippen LogP) is 5.24.